The normalized spacial score (nSPS) is 16.2. The molecule has 0 amide bonds. The van der Waals surface area contributed by atoms with E-state index >= 15 is 0 Å². The zero-order valence-electron chi connectivity index (χ0n) is 9.79. The van der Waals surface area contributed by atoms with Crippen LogP contribution < -0.4 is 10.6 Å². The molecule has 1 aromatic rings. The predicted octanol–water partition coefficient (Wildman–Crippen LogP) is 2.27. The number of hydrogen-bond donors (Lipinski definition) is 2. The molecule has 0 radical (unpaired) electrons. The van der Waals surface area contributed by atoms with Gasteiger partial charge in [-0.15, -0.1) is 0 Å². The van der Waals surface area contributed by atoms with E-state index in [9.17, 15) is 0 Å². The Labute approximate surface area is 96.8 Å². The van der Waals surface area contributed by atoms with Crippen LogP contribution >= 0.6 is 0 Å². The number of anilines is 1. The lowest BCUT2D eigenvalue weighted by Gasteiger charge is -2.31. The third-order valence-corrected chi connectivity index (χ3v) is 3.20. The lowest BCUT2D eigenvalue weighted by atomic mass is 10.0. The molecular formula is C13H19N3. The fraction of sp³-hybridized carbons (Fsp3) is 0.462. The van der Waals surface area contributed by atoms with Gasteiger partial charge in [-0.25, -0.2) is 0 Å². The molecule has 1 saturated heterocycles. The Morgan fingerprint density at radius 2 is 1.94 bits per heavy atom. The summed E-state index contributed by atoms with van der Waals surface area (Å²) in [6.07, 6.45) is 3.80. The fourth-order valence-corrected chi connectivity index (χ4v) is 2.41. The number of para-hydroxylation sites is 1. The summed E-state index contributed by atoms with van der Waals surface area (Å²) < 4.78 is 0. The van der Waals surface area contributed by atoms with Gasteiger partial charge < -0.3 is 10.6 Å². The van der Waals surface area contributed by atoms with Gasteiger partial charge in [-0.1, -0.05) is 12.1 Å². The highest BCUT2D eigenvalue weighted by Crippen LogP contribution is 2.27. The highest BCUT2D eigenvalue weighted by Gasteiger charge is 2.17. The van der Waals surface area contributed by atoms with Crippen LogP contribution in [-0.2, 0) is 0 Å². The van der Waals surface area contributed by atoms with Gasteiger partial charge in [-0.3, -0.25) is 5.41 Å². The smallest absolute Gasteiger partial charge is 0.124 e. The first-order chi connectivity index (χ1) is 7.70. The summed E-state index contributed by atoms with van der Waals surface area (Å²) in [5.41, 5.74) is 8.90. The van der Waals surface area contributed by atoms with E-state index in [0.29, 0.717) is 0 Å². The Morgan fingerprint density at radius 1 is 1.25 bits per heavy atom. The third-order valence-electron chi connectivity index (χ3n) is 3.20. The Hall–Kier alpha value is -1.51. The van der Waals surface area contributed by atoms with Gasteiger partial charge in [0.05, 0.1) is 5.69 Å². The molecule has 2 rings (SSSR count). The molecule has 16 heavy (non-hydrogen) atoms. The maximum Gasteiger partial charge on any atom is 0.124 e. The Balaban J connectivity index is 2.40. The summed E-state index contributed by atoms with van der Waals surface area (Å²) in [7, 11) is 0. The first-order valence-corrected chi connectivity index (χ1v) is 5.89. The molecule has 1 heterocycles. The number of nitrogens with zero attached hydrogens (tertiary/aromatic N) is 1. The molecular weight excluding hydrogens is 198 g/mol. The van der Waals surface area contributed by atoms with E-state index in [1.807, 2.05) is 12.1 Å². The van der Waals surface area contributed by atoms with Crippen molar-refractivity contribution in [3.63, 3.8) is 0 Å². The van der Waals surface area contributed by atoms with Crippen LogP contribution in [0.1, 0.15) is 30.4 Å². The van der Waals surface area contributed by atoms with Crippen molar-refractivity contribution in [2.24, 2.45) is 5.73 Å². The van der Waals surface area contributed by atoms with Gasteiger partial charge in [0.1, 0.15) is 5.84 Å². The average Bonchev–Trinajstić information content (AvgIpc) is 2.29. The molecule has 1 fully saturated rings. The minimum Gasteiger partial charge on any atom is -0.384 e. The van der Waals surface area contributed by atoms with Crippen LogP contribution in [0.4, 0.5) is 5.69 Å². The highest BCUT2D eigenvalue weighted by molar-refractivity contribution is 6.01. The molecule has 1 aliphatic rings. The first kappa shape index (κ1) is 11.0. The summed E-state index contributed by atoms with van der Waals surface area (Å²) in [5.74, 6) is 0.171. The van der Waals surface area contributed by atoms with E-state index in [4.69, 9.17) is 11.1 Å². The van der Waals surface area contributed by atoms with Crippen molar-refractivity contribution in [1.82, 2.24) is 0 Å². The Bertz CT molecular complexity index is 392. The van der Waals surface area contributed by atoms with E-state index in [2.05, 4.69) is 17.9 Å². The average molecular weight is 217 g/mol. The van der Waals surface area contributed by atoms with Crippen molar-refractivity contribution in [2.45, 2.75) is 26.2 Å². The van der Waals surface area contributed by atoms with Crippen molar-refractivity contribution in [1.29, 1.82) is 5.41 Å². The number of nitrogens with one attached hydrogen (secondary N) is 1. The molecule has 3 nitrogen and oxygen atoms in total. The predicted molar refractivity (Wildman–Crippen MR) is 68.3 cm³/mol. The molecule has 0 saturated carbocycles. The Morgan fingerprint density at radius 3 is 2.56 bits per heavy atom. The number of nitrogen functional groups attached to an aromatic ring is 1. The number of benzene rings is 1. The second-order valence-corrected chi connectivity index (χ2v) is 4.43. The molecule has 86 valence electrons. The monoisotopic (exact) mass is 217 g/mol. The van der Waals surface area contributed by atoms with E-state index in [1.54, 1.807) is 0 Å². The third kappa shape index (κ3) is 2.03. The van der Waals surface area contributed by atoms with Crippen LogP contribution in [-0.4, -0.2) is 18.9 Å². The van der Waals surface area contributed by atoms with Gasteiger partial charge in [0.25, 0.3) is 0 Å². The van der Waals surface area contributed by atoms with Crippen LogP contribution in [0.2, 0.25) is 0 Å². The van der Waals surface area contributed by atoms with Gasteiger partial charge in [0.2, 0.25) is 0 Å². The molecule has 0 unspecified atom stereocenters. The van der Waals surface area contributed by atoms with E-state index < -0.39 is 0 Å². The summed E-state index contributed by atoms with van der Waals surface area (Å²) in [6.45, 7) is 4.27. The minimum absolute atomic E-state index is 0.171. The molecule has 3 heteroatoms. The number of piperidine rings is 1. The minimum atomic E-state index is 0.171. The zero-order valence-corrected chi connectivity index (χ0v) is 9.79. The molecule has 0 aliphatic carbocycles. The Kier molecular flexibility index (Phi) is 3.13. The molecule has 3 N–H and O–H groups in total. The standard InChI is InChI=1S/C13H19N3/c1-10-6-5-7-11(13(14)15)12(10)16-8-3-2-4-9-16/h5-7H,2-4,8-9H2,1H3,(H3,14,15). The summed E-state index contributed by atoms with van der Waals surface area (Å²) in [4.78, 5) is 2.37. The van der Waals surface area contributed by atoms with Crippen LogP contribution in [0.15, 0.2) is 18.2 Å². The molecule has 0 spiro atoms. The lowest BCUT2D eigenvalue weighted by molar-refractivity contribution is 0.577. The van der Waals surface area contributed by atoms with E-state index in [0.717, 1.165) is 24.3 Å². The van der Waals surface area contributed by atoms with Crippen molar-refractivity contribution in [3.05, 3.63) is 29.3 Å². The van der Waals surface area contributed by atoms with Crippen molar-refractivity contribution in [2.75, 3.05) is 18.0 Å². The molecule has 1 aromatic carbocycles. The number of rotatable bonds is 2. The maximum absolute atomic E-state index is 7.64. The van der Waals surface area contributed by atoms with Gasteiger partial charge in [0.15, 0.2) is 0 Å². The topological polar surface area (TPSA) is 53.1 Å². The van der Waals surface area contributed by atoms with E-state index in [1.165, 1.54) is 24.8 Å². The van der Waals surface area contributed by atoms with Crippen LogP contribution in [0, 0.1) is 12.3 Å². The zero-order chi connectivity index (χ0) is 11.5. The molecule has 0 aromatic heterocycles. The van der Waals surface area contributed by atoms with Crippen molar-refractivity contribution >= 4 is 11.5 Å². The lowest BCUT2D eigenvalue weighted by Crippen LogP contribution is -2.32. The SMILES string of the molecule is Cc1cccc(C(=N)N)c1N1CCCCC1. The van der Waals surface area contributed by atoms with Gasteiger partial charge in [0, 0.05) is 18.7 Å². The van der Waals surface area contributed by atoms with E-state index in [-0.39, 0.29) is 5.84 Å². The van der Waals surface area contributed by atoms with Crippen LogP contribution in [0.25, 0.3) is 0 Å². The van der Waals surface area contributed by atoms with Crippen molar-refractivity contribution in [3.8, 4) is 0 Å². The first-order valence-electron chi connectivity index (χ1n) is 5.89. The van der Waals surface area contributed by atoms with Crippen LogP contribution in [0.3, 0.4) is 0 Å². The number of aryl methyl sites for hydroxylation is 1. The summed E-state index contributed by atoms with van der Waals surface area (Å²) >= 11 is 0. The maximum atomic E-state index is 7.64. The molecule has 0 bridgehead atoms. The van der Waals surface area contributed by atoms with Gasteiger partial charge in [-0.05, 0) is 37.8 Å². The van der Waals surface area contributed by atoms with Crippen molar-refractivity contribution < 1.29 is 0 Å². The largest absolute Gasteiger partial charge is 0.384 e. The van der Waals surface area contributed by atoms with Crippen LogP contribution in [0.5, 0.6) is 0 Å². The molecule has 0 atom stereocenters. The number of hydrogen-bond acceptors (Lipinski definition) is 2. The highest BCUT2D eigenvalue weighted by atomic mass is 15.1. The van der Waals surface area contributed by atoms with Gasteiger partial charge >= 0.3 is 0 Å². The van der Waals surface area contributed by atoms with Gasteiger partial charge in [-0.2, -0.15) is 0 Å². The second kappa shape index (κ2) is 4.56. The quantitative estimate of drug-likeness (QED) is 0.590. The molecule has 1 aliphatic heterocycles. The fourth-order valence-electron chi connectivity index (χ4n) is 2.41. The second-order valence-electron chi connectivity index (χ2n) is 4.43. The number of nitrogens with two attached hydrogens (primary N) is 1. The summed E-state index contributed by atoms with van der Waals surface area (Å²) in [5, 5.41) is 7.64. The summed E-state index contributed by atoms with van der Waals surface area (Å²) in [6, 6.07) is 6.01. The number of amidine groups is 1.